The van der Waals surface area contributed by atoms with Gasteiger partial charge in [-0.25, -0.2) is 9.59 Å². The Balaban J connectivity index is 1.64. The summed E-state index contributed by atoms with van der Waals surface area (Å²) in [6.07, 6.45) is 0. The number of halogens is 1. The van der Waals surface area contributed by atoms with Crippen LogP contribution in [-0.4, -0.2) is 62.2 Å². The van der Waals surface area contributed by atoms with Crippen LogP contribution in [0.4, 0.5) is 10.5 Å². The van der Waals surface area contributed by atoms with Crippen LogP contribution < -0.4 is 10.1 Å². The number of hydrogen-bond acceptors (Lipinski definition) is 5. The number of urea groups is 1. The van der Waals surface area contributed by atoms with Crippen LogP contribution in [0.1, 0.15) is 17.2 Å². The second kappa shape index (κ2) is 9.82. The van der Waals surface area contributed by atoms with Gasteiger partial charge in [-0.05, 0) is 48.4 Å². The number of anilines is 1. The average Bonchev–Trinajstić information content (AvgIpc) is 2.74. The zero-order chi connectivity index (χ0) is 21.7. The number of carbonyl (C=O) groups is 2. The van der Waals surface area contributed by atoms with E-state index in [2.05, 4.69) is 5.32 Å². The molecule has 0 aliphatic carbocycles. The van der Waals surface area contributed by atoms with Crippen LogP contribution in [0.3, 0.4) is 0 Å². The van der Waals surface area contributed by atoms with E-state index < -0.39 is 6.04 Å². The van der Waals surface area contributed by atoms with Crippen LogP contribution in [0.15, 0.2) is 42.5 Å². The van der Waals surface area contributed by atoms with Crippen LogP contribution in [0.25, 0.3) is 0 Å². The minimum Gasteiger partial charge on any atom is -0.496 e. The molecular weight excluding hydrogens is 406 g/mol. The first-order valence-electron chi connectivity index (χ1n) is 9.71. The van der Waals surface area contributed by atoms with Gasteiger partial charge in [-0.15, -0.1) is 0 Å². The highest BCUT2D eigenvalue weighted by atomic mass is 35.5. The van der Waals surface area contributed by atoms with Gasteiger partial charge in [0.25, 0.3) is 0 Å². The monoisotopic (exact) mass is 431 g/mol. The molecule has 0 saturated carbocycles. The minimum atomic E-state index is -0.553. The molecule has 1 atom stereocenters. The number of esters is 1. The number of carbonyl (C=O) groups excluding carboxylic acids is 2. The van der Waals surface area contributed by atoms with Crippen LogP contribution in [-0.2, 0) is 9.53 Å². The van der Waals surface area contributed by atoms with E-state index in [0.717, 1.165) is 16.9 Å². The predicted molar refractivity (Wildman–Crippen MR) is 116 cm³/mol. The van der Waals surface area contributed by atoms with Gasteiger partial charge < -0.3 is 19.7 Å². The van der Waals surface area contributed by atoms with Crippen LogP contribution in [0.5, 0.6) is 5.75 Å². The summed E-state index contributed by atoms with van der Waals surface area (Å²) in [5.74, 6) is 0.431. The summed E-state index contributed by atoms with van der Waals surface area (Å²) < 4.78 is 10.3. The first-order chi connectivity index (χ1) is 14.4. The van der Waals surface area contributed by atoms with Crippen molar-refractivity contribution < 1.29 is 19.1 Å². The topological polar surface area (TPSA) is 71.1 Å². The SMILES string of the molecule is COC(=O)[C@H](c1cccc(Cl)c1)N1CCN(C(=O)Nc2ccc(OC)c(C)c2)CC1. The van der Waals surface area contributed by atoms with Crippen LogP contribution in [0, 0.1) is 6.92 Å². The molecule has 1 aliphatic rings. The van der Waals surface area contributed by atoms with E-state index >= 15 is 0 Å². The van der Waals surface area contributed by atoms with Crippen molar-refractivity contribution in [1.29, 1.82) is 0 Å². The fraction of sp³-hybridized carbons (Fsp3) is 0.364. The lowest BCUT2D eigenvalue weighted by Crippen LogP contribution is -2.52. The molecule has 7 nitrogen and oxygen atoms in total. The van der Waals surface area contributed by atoms with E-state index in [1.165, 1.54) is 7.11 Å². The van der Waals surface area contributed by atoms with Crippen molar-refractivity contribution in [3.05, 3.63) is 58.6 Å². The van der Waals surface area contributed by atoms with Crippen LogP contribution >= 0.6 is 11.6 Å². The highest BCUT2D eigenvalue weighted by Gasteiger charge is 2.32. The number of amides is 2. The number of rotatable bonds is 5. The summed E-state index contributed by atoms with van der Waals surface area (Å²) in [7, 11) is 2.99. The zero-order valence-corrected chi connectivity index (χ0v) is 18.1. The summed E-state index contributed by atoms with van der Waals surface area (Å²) in [5, 5.41) is 3.49. The maximum Gasteiger partial charge on any atom is 0.327 e. The maximum absolute atomic E-state index is 12.7. The molecule has 30 heavy (non-hydrogen) atoms. The van der Waals surface area contributed by atoms with Gasteiger partial charge in [0.2, 0.25) is 0 Å². The molecule has 0 aromatic heterocycles. The van der Waals surface area contributed by atoms with Gasteiger partial charge in [-0.1, -0.05) is 23.7 Å². The number of hydrogen-bond donors (Lipinski definition) is 1. The molecule has 8 heteroatoms. The lowest BCUT2D eigenvalue weighted by Gasteiger charge is -2.38. The lowest BCUT2D eigenvalue weighted by molar-refractivity contribution is -0.148. The first kappa shape index (κ1) is 21.9. The Hall–Kier alpha value is -2.77. The van der Waals surface area contributed by atoms with Crippen LogP contribution in [0.2, 0.25) is 5.02 Å². The van der Waals surface area contributed by atoms with Gasteiger partial charge >= 0.3 is 12.0 Å². The van der Waals surface area contributed by atoms with Crippen molar-refractivity contribution in [3.8, 4) is 5.75 Å². The smallest absolute Gasteiger partial charge is 0.327 e. The molecule has 3 rings (SSSR count). The molecule has 160 valence electrons. The van der Waals surface area contributed by atoms with E-state index in [1.807, 2.05) is 42.2 Å². The molecule has 1 saturated heterocycles. The molecule has 2 amide bonds. The Morgan fingerprint density at radius 3 is 2.40 bits per heavy atom. The second-order valence-electron chi connectivity index (χ2n) is 7.12. The van der Waals surface area contributed by atoms with Crippen molar-refractivity contribution in [2.75, 3.05) is 45.7 Å². The van der Waals surface area contributed by atoms with E-state index in [-0.39, 0.29) is 12.0 Å². The zero-order valence-electron chi connectivity index (χ0n) is 17.4. The number of nitrogens with zero attached hydrogens (tertiary/aromatic N) is 2. The largest absolute Gasteiger partial charge is 0.496 e. The molecule has 1 aliphatic heterocycles. The van der Waals surface area contributed by atoms with E-state index in [1.54, 1.807) is 24.1 Å². The number of ether oxygens (including phenoxy) is 2. The quantitative estimate of drug-likeness (QED) is 0.730. The molecule has 2 aromatic carbocycles. The molecule has 1 fully saturated rings. The van der Waals surface area contributed by atoms with Crippen molar-refractivity contribution in [1.82, 2.24) is 9.80 Å². The molecule has 0 bridgehead atoms. The third-order valence-electron chi connectivity index (χ3n) is 5.20. The first-order valence-corrected chi connectivity index (χ1v) is 10.1. The third-order valence-corrected chi connectivity index (χ3v) is 5.44. The third kappa shape index (κ3) is 5.04. The Labute approximate surface area is 181 Å². The summed E-state index contributed by atoms with van der Waals surface area (Å²) in [6.45, 7) is 4.00. The number of nitrogens with one attached hydrogen (secondary N) is 1. The standard InChI is InChI=1S/C22H26ClN3O4/c1-15-13-18(7-8-19(15)29-2)24-22(28)26-11-9-25(10-12-26)20(21(27)30-3)16-5-4-6-17(23)14-16/h4-8,13-14,20H,9-12H2,1-3H3,(H,24,28)/t20-/m0/s1. The molecular formula is C22H26ClN3O4. The highest BCUT2D eigenvalue weighted by molar-refractivity contribution is 6.30. The number of aryl methyl sites for hydroxylation is 1. The minimum absolute atomic E-state index is 0.170. The van der Waals surface area contributed by atoms with Crippen molar-refractivity contribution >= 4 is 29.3 Å². The fourth-order valence-corrected chi connectivity index (χ4v) is 3.82. The van der Waals surface area contributed by atoms with Gasteiger partial charge in [0.05, 0.1) is 14.2 Å². The summed E-state index contributed by atoms with van der Waals surface area (Å²) in [5.41, 5.74) is 2.44. The Kier molecular flexibility index (Phi) is 7.18. The lowest BCUT2D eigenvalue weighted by atomic mass is 10.0. The van der Waals surface area contributed by atoms with Crippen molar-refractivity contribution in [3.63, 3.8) is 0 Å². The van der Waals surface area contributed by atoms with Gasteiger partial charge in [-0.3, -0.25) is 4.90 Å². The number of piperazine rings is 1. The molecule has 1 N–H and O–H groups in total. The normalized spacial score (nSPS) is 15.4. The van der Waals surface area contributed by atoms with E-state index in [4.69, 9.17) is 21.1 Å². The van der Waals surface area contributed by atoms with E-state index in [9.17, 15) is 9.59 Å². The Bertz CT molecular complexity index is 913. The van der Waals surface area contributed by atoms with Gasteiger partial charge in [-0.2, -0.15) is 0 Å². The number of benzene rings is 2. The fourth-order valence-electron chi connectivity index (χ4n) is 3.63. The summed E-state index contributed by atoms with van der Waals surface area (Å²) >= 11 is 6.11. The Morgan fingerprint density at radius 1 is 1.07 bits per heavy atom. The average molecular weight is 432 g/mol. The summed E-state index contributed by atoms with van der Waals surface area (Å²) in [6, 6.07) is 12.0. The van der Waals surface area contributed by atoms with Gasteiger partial charge in [0.1, 0.15) is 11.8 Å². The molecule has 1 heterocycles. The van der Waals surface area contributed by atoms with Gasteiger partial charge in [0, 0.05) is 36.9 Å². The second-order valence-corrected chi connectivity index (χ2v) is 7.55. The molecule has 0 unspecified atom stereocenters. The summed E-state index contributed by atoms with van der Waals surface area (Å²) in [4.78, 5) is 28.9. The highest BCUT2D eigenvalue weighted by Crippen LogP contribution is 2.26. The Morgan fingerprint density at radius 2 is 1.80 bits per heavy atom. The van der Waals surface area contributed by atoms with Crippen molar-refractivity contribution in [2.45, 2.75) is 13.0 Å². The predicted octanol–water partition coefficient (Wildman–Crippen LogP) is 3.72. The van der Waals surface area contributed by atoms with Gasteiger partial charge in [0.15, 0.2) is 0 Å². The van der Waals surface area contributed by atoms with E-state index in [0.29, 0.717) is 36.9 Å². The van der Waals surface area contributed by atoms with Crippen molar-refractivity contribution in [2.24, 2.45) is 0 Å². The maximum atomic E-state index is 12.7. The number of methoxy groups -OCH3 is 2. The molecule has 0 radical (unpaired) electrons. The molecule has 0 spiro atoms. The molecule has 2 aromatic rings.